The third-order valence-corrected chi connectivity index (χ3v) is 5.74. The van der Waals surface area contributed by atoms with Gasteiger partial charge in [-0.25, -0.2) is 4.98 Å². The minimum absolute atomic E-state index is 0.159. The van der Waals surface area contributed by atoms with E-state index in [1.165, 1.54) is 5.56 Å². The van der Waals surface area contributed by atoms with Crippen LogP contribution in [0.3, 0.4) is 0 Å². The molecular formula is C27H23N3O3. The molecule has 0 bridgehead atoms. The van der Waals surface area contributed by atoms with Crippen LogP contribution < -0.4 is 5.56 Å². The molecule has 0 amide bonds. The number of H-pyrrole nitrogens is 1. The van der Waals surface area contributed by atoms with E-state index in [0.29, 0.717) is 24.4 Å². The zero-order valence-electron chi connectivity index (χ0n) is 17.9. The van der Waals surface area contributed by atoms with Crippen molar-refractivity contribution < 1.29 is 10.2 Å². The Labute approximate surface area is 190 Å². The van der Waals surface area contributed by atoms with Gasteiger partial charge in [-0.3, -0.25) is 9.36 Å². The predicted molar refractivity (Wildman–Crippen MR) is 127 cm³/mol. The van der Waals surface area contributed by atoms with Crippen molar-refractivity contribution in [2.45, 2.75) is 19.3 Å². The highest BCUT2D eigenvalue weighted by molar-refractivity contribution is 5.61. The number of aromatic amines is 1. The van der Waals surface area contributed by atoms with Crippen LogP contribution in [0.2, 0.25) is 0 Å². The van der Waals surface area contributed by atoms with Gasteiger partial charge in [0.1, 0.15) is 17.2 Å². The van der Waals surface area contributed by atoms with Gasteiger partial charge in [0.25, 0.3) is 5.56 Å². The molecule has 33 heavy (non-hydrogen) atoms. The Morgan fingerprint density at radius 3 is 2.15 bits per heavy atom. The molecule has 0 saturated heterocycles. The number of phenols is 2. The first kappa shape index (κ1) is 20.6. The summed E-state index contributed by atoms with van der Waals surface area (Å²) in [6.07, 6.45) is 3.64. The number of phenolic OH excluding ortho intramolecular Hbond substituents is 2. The van der Waals surface area contributed by atoms with Gasteiger partial charge >= 0.3 is 0 Å². The highest BCUT2D eigenvalue weighted by Crippen LogP contribution is 2.24. The first-order valence-electron chi connectivity index (χ1n) is 10.8. The second kappa shape index (κ2) is 8.67. The van der Waals surface area contributed by atoms with Crippen molar-refractivity contribution in [3.63, 3.8) is 0 Å². The lowest BCUT2D eigenvalue weighted by Gasteiger charge is -2.13. The summed E-state index contributed by atoms with van der Waals surface area (Å²) in [7, 11) is 0. The normalized spacial score (nSPS) is 11.2. The van der Waals surface area contributed by atoms with Crippen LogP contribution in [-0.4, -0.2) is 24.7 Å². The highest BCUT2D eigenvalue weighted by Gasteiger charge is 2.20. The topological polar surface area (TPSA) is 91.1 Å². The molecule has 2 aliphatic rings. The van der Waals surface area contributed by atoms with E-state index in [1.807, 2.05) is 30.3 Å². The molecule has 6 heteroatoms. The first-order chi connectivity index (χ1) is 16.1. The number of nitrogens with zero attached hydrogens (tertiary/aromatic N) is 2. The molecular weight excluding hydrogens is 414 g/mol. The van der Waals surface area contributed by atoms with E-state index in [0.717, 1.165) is 28.9 Å². The van der Waals surface area contributed by atoms with E-state index < -0.39 is 0 Å². The van der Waals surface area contributed by atoms with Crippen LogP contribution >= 0.6 is 0 Å². The van der Waals surface area contributed by atoms with Gasteiger partial charge in [-0.2, -0.15) is 0 Å². The summed E-state index contributed by atoms with van der Waals surface area (Å²) >= 11 is 0. The minimum atomic E-state index is -0.159. The molecule has 2 aliphatic heterocycles. The largest absolute Gasteiger partial charge is 0.508 e. The van der Waals surface area contributed by atoms with Crippen molar-refractivity contribution in [1.29, 1.82) is 0 Å². The standard InChI is InChI=1S/C27H23N3O3/c31-21-11-6-19(7-12-21)16-24-27(33)30-17-25(20-9-13-22(32)14-10-20)28-23(26(30)29-24)15-8-18-4-2-1-3-5-18/h1-7,9-14,17,28,31-32H,8,15-16H2. The van der Waals surface area contributed by atoms with Crippen LogP contribution in [0.15, 0.2) is 89.9 Å². The average Bonchev–Trinajstić information content (AvgIpc) is 3.15. The molecule has 0 saturated carbocycles. The molecule has 164 valence electrons. The molecule has 0 aliphatic carbocycles. The molecule has 0 fully saturated rings. The van der Waals surface area contributed by atoms with E-state index in [-0.39, 0.29) is 17.1 Å². The number of hydrogen-bond acceptors (Lipinski definition) is 4. The van der Waals surface area contributed by atoms with Crippen molar-refractivity contribution in [1.82, 2.24) is 14.5 Å². The Morgan fingerprint density at radius 2 is 1.45 bits per heavy atom. The Hall–Kier alpha value is -4.32. The SMILES string of the molecule is O=c1c(Cc2ccc(O)cc2)nc2c(CCc3ccccc3)[nH]c(-c3ccc(O)cc3)cn1-2. The van der Waals surface area contributed by atoms with Crippen LogP contribution in [0.5, 0.6) is 11.5 Å². The van der Waals surface area contributed by atoms with E-state index in [1.54, 1.807) is 47.2 Å². The minimum Gasteiger partial charge on any atom is -0.508 e. The van der Waals surface area contributed by atoms with Gasteiger partial charge in [-0.15, -0.1) is 0 Å². The van der Waals surface area contributed by atoms with Crippen molar-refractivity contribution in [3.8, 4) is 28.6 Å². The summed E-state index contributed by atoms with van der Waals surface area (Å²) in [5, 5.41) is 19.2. The Kier molecular flexibility index (Phi) is 5.40. The molecule has 2 heterocycles. The van der Waals surface area contributed by atoms with Gasteiger partial charge in [0.05, 0.1) is 11.4 Å². The summed E-state index contributed by atoms with van der Waals surface area (Å²) in [6.45, 7) is 0. The lowest BCUT2D eigenvalue weighted by Crippen LogP contribution is -2.18. The maximum atomic E-state index is 13.3. The summed E-state index contributed by atoms with van der Waals surface area (Å²) in [5.41, 5.74) is 4.92. The number of nitrogens with one attached hydrogen (secondary N) is 1. The van der Waals surface area contributed by atoms with Gasteiger partial charge in [0.2, 0.25) is 0 Å². The van der Waals surface area contributed by atoms with Crippen LogP contribution in [0.4, 0.5) is 0 Å². The lowest BCUT2D eigenvalue weighted by atomic mass is 10.1. The maximum absolute atomic E-state index is 13.3. The smallest absolute Gasteiger partial charge is 0.278 e. The molecule has 3 N–H and O–H groups in total. The Bertz CT molecular complexity index is 1400. The second-order valence-corrected chi connectivity index (χ2v) is 8.08. The number of hydrogen-bond donors (Lipinski definition) is 3. The fourth-order valence-corrected chi connectivity index (χ4v) is 3.98. The fraction of sp³-hybridized carbons (Fsp3) is 0.111. The van der Waals surface area contributed by atoms with E-state index in [9.17, 15) is 15.0 Å². The van der Waals surface area contributed by atoms with Crippen LogP contribution in [0.1, 0.15) is 22.5 Å². The van der Waals surface area contributed by atoms with Crippen molar-refractivity contribution >= 4 is 0 Å². The summed E-state index contributed by atoms with van der Waals surface area (Å²) in [6, 6.07) is 23.9. The van der Waals surface area contributed by atoms with Crippen molar-refractivity contribution in [2.24, 2.45) is 0 Å². The predicted octanol–water partition coefficient (Wildman–Crippen LogP) is 4.45. The molecule has 3 aromatic rings. The lowest BCUT2D eigenvalue weighted by molar-refractivity contribution is 0.474. The third-order valence-electron chi connectivity index (χ3n) is 5.74. The Balaban J connectivity index is 1.57. The Morgan fingerprint density at radius 1 is 0.788 bits per heavy atom. The zero-order valence-corrected chi connectivity index (χ0v) is 17.9. The molecule has 3 aromatic carbocycles. The van der Waals surface area contributed by atoms with Gasteiger partial charge in [-0.1, -0.05) is 42.5 Å². The molecule has 0 unspecified atom stereocenters. The average molecular weight is 437 g/mol. The quantitative estimate of drug-likeness (QED) is 0.366. The number of aromatic hydroxyl groups is 2. The summed E-state index contributed by atoms with van der Waals surface area (Å²) < 4.78 is 1.61. The number of aryl methyl sites for hydroxylation is 2. The highest BCUT2D eigenvalue weighted by atomic mass is 16.3. The molecule has 0 spiro atoms. The molecule has 0 atom stereocenters. The van der Waals surface area contributed by atoms with E-state index >= 15 is 0 Å². The first-order valence-corrected chi connectivity index (χ1v) is 10.8. The van der Waals surface area contributed by atoms with Gasteiger partial charge in [0, 0.05) is 12.6 Å². The van der Waals surface area contributed by atoms with Crippen LogP contribution in [0, 0.1) is 0 Å². The van der Waals surface area contributed by atoms with Crippen molar-refractivity contribution in [3.05, 3.63) is 118 Å². The van der Waals surface area contributed by atoms with E-state index in [2.05, 4.69) is 17.1 Å². The summed E-state index contributed by atoms with van der Waals surface area (Å²) in [5.74, 6) is 0.993. The van der Waals surface area contributed by atoms with Gasteiger partial charge in [0.15, 0.2) is 5.82 Å². The van der Waals surface area contributed by atoms with E-state index in [4.69, 9.17) is 4.98 Å². The molecule has 6 nitrogen and oxygen atoms in total. The zero-order chi connectivity index (χ0) is 22.8. The number of imidazole rings is 1. The number of benzene rings is 3. The van der Waals surface area contributed by atoms with Crippen molar-refractivity contribution in [2.75, 3.05) is 0 Å². The van der Waals surface area contributed by atoms with Gasteiger partial charge in [-0.05, 0) is 65.9 Å². The van der Waals surface area contributed by atoms with Gasteiger partial charge < -0.3 is 15.2 Å². The fourth-order valence-electron chi connectivity index (χ4n) is 3.98. The monoisotopic (exact) mass is 437 g/mol. The van der Waals surface area contributed by atoms with Crippen LogP contribution in [0.25, 0.3) is 17.1 Å². The third kappa shape index (κ3) is 4.36. The number of aromatic nitrogens is 3. The molecule has 5 rings (SSSR count). The summed E-state index contributed by atoms with van der Waals surface area (Å²) in [4.78, 5) is 21.4. The molecule has 0 radical (unpaired) electrons. The second-order valence-electron chi connectivity index (χ2n) is 8.08. The maximum Gasteiger partial charge on any atom is 0.278 e. The molecule has 0 aromatic heterocycles. The van der Waals surface area contributed by atoms with Crippen LogP contribution in [-0.2, 0) is 19.3 Å². The number of rotatable bonds is 6. The number of fused-ring (bicyclic) bond motifs is 1.